The van der Waals surface area contributed by atoms with Gasteiger partial charge in [0.05, 0.1) is 6.54 Å². The molecule has 1 aromatic heterocycles. The maximum atomic E-state index is 10.6. The van der Waals surface area contributed by atoms with Gasteiger partial charge in [0.25, 0.3) is 0 Å². The highest BCUT2D eigenvalue weighted by molar-refractivity contribution is 5.79. The van der Waals surface area contributed by atoms with Gasteiger partial charge in [-0.1, -0.05) is 0 Å². The minimum absolute atomic E-state index is 0.0257. The molecule has 0 fully saturated rings. The number of aliphatic hydroxyl groups excluding tert-OH is 1. The summed E-state index contributed by atoms with van der Waals surface area (Å²) in [7, 11) is 0. The van der Waals surface area contributed by atoms with Crippen LogP contribution in [0.2, 0.25) is 0 Å². The Kier molecular flexibility index (Phi) is 4.46. The number of nitrogens with zero attached hydrogens (tertiary/aromatic N) is 2. The summed E-state index contributed by atoms with van der Waals surface area (Å²) in [5.74, 6) is 0.237. The quantitative estimate of drug-likeness (QED) is 0.502. The summed E-state index contributed by atoms with van der Waals surface area (Å²) in [5, 5.41) is 14.9. The molecule has 0 radical (unpaired) electrons. The summed E-state index contributed by atoms with van der Waals surface area (Å²) >= 11 is 0. The lowest BCUT2D eigenvalue weighted by Crippen LogP contribution is -2.34. The van der Waals surface area contributed by atoms with E-state index in [1.165, 1.54) is 0 Å². The molecule has 0 aromatic carbocycles. The van der Waals surface area contributed by atoms with Gasteiger partial charge in [-0.3, -0.25) is 4.79 Å². The first kappa shape index (κ1) is 12.2. The number of anilines is 2. The minimum Gasteiger partial charge on any atom is -0.381 e. The number of carbonyl (C=O) groups is 1. The Balaban J connectivity index is 2.53. The molecule has 0 spiro atoms. The largest absolute Gasteiger partial charge is 0.381 e. The number of carbonyl (C=O) groups excluding carboxylic acids is 1. The van der Waals surface area contributed by atoms with Crippen molar-refractivity contribution in [1.29, 1.82) is 0 Å². The number of nitrogens with one attached hydrogen (secondary N) is 2. The smallest absolute Gasteiger partial charge is 0.248 e. The number of amides is 1. The van der Waals surface area contributed by atoms with E-state index in [2.05, 4.69) is 20.6 Å². The molecule has 1 atom stereocenters. The van der Waals surface area contributed by atoms with Crippen LogP contribution in [-0.4, -0.2) is 40.2 Å². The van der Waals surface area contributed by atoms with E-state index in [1.807, 2.05) is 6.92 Å². The molecule has 1 amide bonds. The van der Waals surface area contributed by atoms with Crippen molar-refractivity contribution in [1.82, 2.24) is 9.97 Å². The van der Waals surface area contributed by atoms with Crippen molar-refractivity contribution in [3.8, 4) is 0 Å². The highest BCUT2D eigenvalue weighted by Crippen LogP contribution is 2.05. The zero-order chi connectivity index (χ0) is 12.0. The fourth-order valence-electron chi connectivity index (χ4n) is 1.00. The molecule has 16 heavy (non-hydrogen) atoms. The predicted molar refractivity (Wildman–Crippen MR) is 59.9 cm³/mol. The zero-order valence-electron chi connectivity index (χ0n) is 8.97. The Labute approximate surface area is 93.1 Å². The van der Waals surface area contributed by atoms with Crippen LogP contribution < -0.4 is 16.4 Å². The molecule has 7 heteroatoms. The van der Waals surface area contributed by atoms with Crippen LogP contribution in [0.3, 0.4) is 0 Å². The van der Waals surface area contributed by atoms with Gasteiger partial charge >= 0.3 is 0 Å². The number of nitrogens with two attached hydrogens (primary N) is 1. The van der Waals surface area contributed by atoms with Crippen molar-refractivity contribution >= 4 is 17.7 Å². The minimum atomic E-state index is -1.22. The van der Waals surface area contributed by atoms with E-state index in [1.54, 1.807) is 12.3 Å². The van der Waals surface area contributed by atoms with Gasteiger partial charge in [0.1, 0.15) is 11.9 Å². The third-order valence-corrected chi connectivity index (χ3v) is 1.80. The molecule has 1 heterocycles. The first-order valence-corrected chi connectivity index (χ1v) is 4.91. The average Bonchev–Trinajstić information content (AvgIpc) is 2.26. The Bertz CT molecular complexity index is 358. The number of primary amides is 1. The number of aliphatic hydroxyl groups is 1. The maximum absolute atomic E-state index is 10.6. The van der Waals surface area contributed by atoms with Crippen LogP contribution >= 0.6 is 0 Å². The molecule has 1 rings (SSSR count). The fourth-order valence-corrected chi connectivity index (χ4v) is 1.00. The normalized spacial score (nSPS) is 11.9. The molecule has 7 nitrogen and oxygen atoms in total. The first-order valence-electron chi connectivity index (χ1n) is 4.91. The van der Waals surface area contributed by atoms with Crippen molar-refractivity contribution in [2.75, 3.05) is 23.7 Å². The molecule has 5 N–H and O–H groups in total. The average molecular weight is 225 g/mol. The van der Waals surface area contributed by atoms with Gasteiger partial charge < -0.3 is 21.5 Å². The fraction of sp³-hybridized carbons (Fsp3) is 0.444. The van der Waals surface area contributed by atoms with E-state index in [0.717, 1.165) is 0 Å². The molecule has 0 aliphatic rings. The van der Waals surface area contributed by atoms with Crippen molar-refractivity contribution in [2.45, 2.75) is 13.0 Å². The Morgan fingerprint density at radius 3 is 3.00 bits per heavy atom. The van der Waals surface area contributed by atoms with Crippen molar-refractivity contribution in [2.24, 2.45) is 5.73 Å². The van der Waals surface area contributed by atoms with E-state index in [9.17, 15) is 4.79 Å². The van der Waals surface area contributed by atoms with E-state index in [4.69, 9.17) is 10.8 Å². The molecule has 1 aromatic rings. The van der Waals surface area contributed by atoms with Gasteiger partial charge in [0, 0.05) is 12.7 Å². The van der Waals surface area contributed by atoms with Gasteiger partial charge in [-0.2, -0.15) is 4.98 Å². The van der Waals surface area contributed by atoms with Crippen LogP contribution in [0.4, 0.5) is 11.8 Å². The lowest BCUT2D eigenvalue weighted by Gasteiger charge is -2.09. The summed E-state index contributed by atoms with van der Waals surface area (Å²) in [4.78, 5) is 18.6. The molecule has 0 saturated heterocycles. The summed E-state index contributed by atoms with van der Waals surface area (Å²) in [6.45, 7) is 2.67. The number of hydrogen-bond donors (Lipinski definition) is 4. The summed E-state index contributed by atoms with van der Waals surface area (Å²) in [6, 6.07) is 1.63. The Morgan fingerprint density at radius 1 is 1.62 bits per heavy atom. The van der Waals surface area contributed by atoms with Gasteiger partial charge in [0.15, 0.2) is 0 Å². The van der Waals surface area contributed by atoms with Crippen molar-refractivity contribution in [3.63, 3.8) is 0 Å². The van der Waals surface area contributed by atoms with E-state index >= 15 is 0 Å². The first-order chi connectivity index (χ1) is 7.63. The van der Waals surface area contributed by atoms with Crippen molar-refractivity contribution in [3.05, 3.63) is 12.3 Å². The highest BCUT2D eigenvalue weighted by Gasteiger charge is 2.10. The molecule has 88 valence electrons. The van der Waals surface area contributed by atoms with Gasteiger partial charge in [0.2, 0.25) is 11.9 Å². The van der Waals surface area contributed by atoms with Crippen LogP contribution in [0.15, 0.2) is 12.3 Å². The second-order valence-electron chi connectivity index (χ2n) is 3.09. The number of aromatic nitrogens is 2. The molecule has 0 aliphatic heterocycles. The van der Waals surface area contributed by atoms with Gasteiger partial charge in [-0.25, -0.2) is 4.98 Å². The van der Waals surface area contributed by atoms with E-state index in [-0.39, 0.29) is 6.54 Å². The molecule has 0 aliphatic carbocycles. The summed E-state index contributed by atoms with van der Waals surface area (Å²) in [5.41, 5.74) is 4.90. The van der Waals surface area contributed by atoms with Crippen LogP contribution in [0.25, 0.3) is 0 Å². The van der Waals surface area contributed by atoms with Crippen molar-refractivity contribution < 1.29 is 9.90 Å². The van der Waals surface area contributed by atoms with Gasteiger partial charge in [-0.05, 0) is 13.0 Å². The van der Waals surface area contributed by atoms with Crippen LogP contribution in [0, 0.1) is 0 Å². The lowest BCUT2D eigenvalue weighted by atomic mass is 10.3. The predicted octanol–water partition coefficient (Wildman–Crippen LogP) is -0.833. The number of rotatable bonds is 6. The summed E-state index contributed by atoms with van der Waals surface area (Å²) in [6.07, 6.45) is 0.349. The molecular formula is C9H15N5O2. The lowest BCUT2D eigenvalue weighted by molar-refractivity contribution is -0.125. The molecule has 0 bridgehead atoms. The van der Waals surface area contributed by atoms with Crippen LogP contribution in [0.5, 0.6) is 0 Å². The molecular weight excluding hydrogens is 210 g/mol. The van der Waals surface area contributed by atoms with E-state index < -0.39 is 12.0 Å². The van der Waals surface area contributed by atoms with Gasteiger partial charge in [-0.15, -0.1) is 0 Å². The molecule has 1 unspecified atom stereocenters. The second-order valence-corrected chi connectivity index (χ2v) is 3.09. The second kappa shape index (κ2) is 5.86. The molecule has 0 saturated carbocycles. The van der Waals surface area contributed by atoms with Crippen LogP contribution in [0.1, 0.15) is 6.92 Å². The Hall–Kier alpha value is -1.89. The maximum Gasteiger partial charge on any atom is 0.248 e. The van der Waals surface area contributed by atoms with E-state index in [0.29, 0.717) is 18.3 Å². The topological polar surface area (TPSA) is 113 Å². The monoisotopic (exact) mass is 225 g/mol. The third kappa shape index (κ3) is 3.70. The third-order valence-electron chi connectivity index (χ3n) is 1.80. The standard InChI is InChI=1S/C9H15N5O2/c1-2-11-9-12-4-3-7(14-9)13-5-6(15)8(10)16/h3-4,6,15H,2,5H2,1H3,(H2,10,16)(H2,11,12,13,14). The van der Waals surface area contributed by atoms with Crippen LogP contribution in [-0.2, 0) is 4.79 Å². The Morgan fingerprint density at radius 2 is 2.38 bits per heavy atom. The highest BCUT2D eigenvalue weighted by atomic mass is 16.3. The SMILES string of the molecule is CCNc1nccc(NCC(O)C(N)=O)n1. The summed E-state index contributed by atoms with van der Waals surface area (Å²) < 4.78 is 0. The number of hydrogen-bond acceptors (Lipinski definition) is 6. The zero-order valence-corrected chi connectivity index (χ0v) is 8.97.